The Balaban J connectivity index is 2.33. The number of pyridine rings is 1. The Bertz CT molecular complexity index is 551. The third-order valence-electron chi connectivity index (χ3n) is 2.65. The maximum Gasteiger partial charge on any atom is 0.262 e. The van der Waals surface area contributed by atoms with Gasteiger partial charge in [0.1, 0.15) is 0 Å². The molecule has 0 bridgehead atoms. The lowest BCUT2D eigenvalue weighted by Crippen LogP contribution is -2.42. The first-order valence-corrected chi connectivity index (χ1v) is 8.25. The van der Waals surface area contributed by atoms with Gasteiger partial charge in [-0.25, -0.2) is 13.4 Å². The maximum atomic E-state index is 12.3. The van der Waals surface area contributed by atoms with Crippen LogP contribution < -0.4 is 11.3 Å². The lowest BCUT2D eigenvalue weighted by molar-refractivity contribution is 0.436. The van der Waals surface area contributed by atoms with Crippen molar-refractivity contribution >= 4 is 26.5 Å². The fraction of sp³-hybridized carbons (Fsp3) is 0.444. The van der Waals surface area contributed by atoms with E-state index in [-0.39, 0.29) is 23.8 Å². The fourth-order valence-electron chi connectivity index (χ4n) is 1.69. The molecule has 0 aliphatic carbocycles. The molecular formula is C9H14N4O3S2. The first-order chi connectivity index (χ1) is 8.55. The van der Waals surface area contributed by atoms with E-state index in [0.717, 1.165) is 0 Å². The Morgan fingerprint density at radius 2 is 2.06 bits per heavy atom. The second-order valence-corrected chi connectivity index (χ2v) is 7.30. The van der Waals surface area contributed by atoms with E-state index in [1.54, 1.807) is 12.1 Å². The van der Waals surface area contributed by atoms with Crippen molar-refractivity contribution < 1.29 is 12.6 Å². The van der Waals surface area contributed by atoms with E-state index in [1.165, 1.54) is 10.5 Å². The van der Waals surface area contributed by atoms with Crippen molar-refractivity contribution in [1.29, 1.82) is 0 Å². The number of aromatic nitrogens is 1. The van der Waals surface area contributed by atoms with Gasteiger partial charge in [-0.15, -0.1) is 0 Å². The minimum absolute atomic E-state index is 0.0971. The van der Waals surface area contributed by atoms with E-state index < -0.39 is 20.8 Å². The molecule has 0 radical (unpaired) electrons. The summed E-state index contributed by atoms with van der Waals surface area (Å²) in [6.45, 7) is 0.491. The molecule has 1 aliphatic heterocycles. The van der Waals surface area contributed by atoms with Crippen LogP contribution in [-0.2, 0) is 20.8 Å². The molecule has 18 heavy (non-hydrogen) atoms. The van der Waals surface area contributed by atoms with Gasteiger partial charge in [-0.1, -0.05) is 0 Å². The van der Waals surface area contributed by atoms with Crippen molar-refractivity contribution in [2.24, 2.45) is 5.84 Å². The van der Waals surface area contributed by atoms with Crippen LogP contribution in [-0.4, -0.2) is 46.5 Å². The van der Waals surface area contributed by atoms with Crippen LogP contribution in [0, 0.1) is 0 Å². The monoisotopic (exact) mass is 290 g/mol. The maximum absolute atomic E-state index is 12.3. The highest BCUT2D eigenvalue weighted by Crippen LogP contribution is 2.22. The molecule has 0 amide bonds. The van der Waals surface area contributed by atoms with Crippen molar-refractivity contribution in [1.82, 2.24) is 9.29 Å². The van der Waals surface area contributed by atoms with Gasteiger partial charge < -0.3 is 5.43 Å². The molecule has 1 aromatic rings. The van der Waals surface area contributed by atoms with Gasteiger partial charge >= 0.3 is 0 Å². The molecule has 0 saturated carbocycles. The number of anilines is 1. The predicted octanol–water partition coefficient (Wildman–Crippen LogP) is -0.880. The van der Waals surface area contributed by atoms with Crippen LogP contribution >= 0.6 is 0 Å². The zero-order valence-electron chi connectivity index (χ0n) is 9.57. The molecule has 1 aliphatic rings. The van der Waals surface area contributed by atoms with Crippen molar-refractivity contribution in [3.8, 4) is 0 Å². The summed E-state index contributed by atoms with van der Waals surface area (Å²) < 4.78 is 37.2. The van der Waals surface area contributed by atoms with Crippen molar-refractivity contribution in [2.45, 2.75) is 5.03 Å². The van der Waals surface area contributed by atoms with Crippen LogP contribution in [0.1, 0.15) is 0 Å². The van der Waals surface area contributed by atoms with Gasteiger partial charge in [0.2, 0.25) is 0 Å². The Kier molecular flexibility index (Phi) is 3.95. The molecule has 7 nitrogen and oxygen atoms in total. The molecule has 2 heterocycles. The zero-order valence-corrected chi connectivity index (χ0v) is 11.2. The molecule has 9 heteroatoms. The van der Waals surface area contributed by atoms with E-state index in [1.807, 2.05) is 0 Å². The summed E-state index contributed by atoms with van der Waals surface area (Å²) in [6.07, 6.45) is 1.40. The minimum Gasteiger partial charge on any atom is -0.321 e. The number of hydrogen-bond acceptors (Lipinski definition) is 6. The highest BCUT2D eigenvalue weighted by Gasteiger charge is 2.30. The molecule has 1 aromatic heterocycles. The van der Waals surface area contributed by atoms with E-state index in [9.17, 15) is 12.6 Å². The van der Waals surface area contributed by atoms with Gasteiger partial charge in [0.05, 0.1) is 5.69 Å². The quantitative estimate of drug-likeness (QED) is 0.553. The van der Waals surface area contributed by atoms with Gasteiger partial charge in [0.15, 0.2) is 5.03 Å². The van der Waals surface area contributed by atoms with Crippen LogP contribution in [0.3, 0.4) is 0 Å². The highest BCUT2D eigenvalue weighted by molar-refractivity contribution is 7.89. The van der Waals surface area contributed by atoms with E-state index in [4.69, 9.17) is 5.84 Å². The number of sulfonamides is 1. The largest absolute Gasteiger partial charge is 0.321 e. The predicted molar refractivity (Wildman–Crippen MR) is 68.7 cm³/mol. The lowest BCUT2D eigenvalue weighted by Gasteiger charge is -2.25. The summed E-state index contributed by atoms with van der Waals surface area (Å²) in [7, 11) is -4.61. The van der Waals surface area contributed by atoms with Crippen LogP contribution in [0.5, 0.6) is 0 Å². The van der Waals surface area contributed by atoms with E-state index in [2.05, 4.69) is 10.4 Å². The molecule has 3 N–H and O–H groups in total. The number of nitrogen functional groups attached to an aromatic ring is 1. The smallest absolute Gasteiger partial charge is 0.262 e. The molecule has 0 spiro atoms. The van der Waals surface area contributed by atoms with Gasteiger partial charge in [0, 0.05) is 41.6 Å². The summed E-state index contributed by atoms with van der Waals surface area (Å²) in [6, 6.07) is 3.14. The first kappa shape index (κ1) is 13.4. The number of hydrogen-bond donors (Lipinski definition) is 2. The minimum atomic E-state index is -3.68. The van der Waals surface area contributed by atoms with Gasteiger partial charge in [-0.05, 0) is 12.1 Å². The van der Waals surface area contributed by atoms with Gasteiger partial charge in [0.25, 0.3) is 10.0 Å². The topological polar surface area (TPSA) is 105 Å². The Morgan fingerprint density at radius 1 is 1.39 bits per heavy atom. The Morgan fingerprint density at radius 3 is 2.67 bits per heavy atom. The summed E-state index contributed by atoms with van der Waals surface area (Å²) in [5.74, 6) is 5.99. The average molecular weight is 290 g/mol. The molecule has 0 aromatic carbocycles. The molecule has 100 valence electrons. The van der Waals surface area contributed by atoms with Crippen molar-refractivity contribution in [3.63, 3.8) is 0 Å². The van der Waals surface area contributed by atoms with Crippen LogP contribution in [0.25, 0.3) is 0 Å². The number of nitrogens with zero attached hydrogens (tertiary/aromatic N) is 2. The Hall–Kier alpha value is -1.03. The fourth-order valence-corrected chi connectivity index (χ4v) is 4.48. The van der Waals surface area contributed by atoms with Crippen molar-refractivity contribution in [2.75, 3.05) is 30.0 Å². The summed E-state index contributed by atoms with van der Waals surface area (Å²) >= 11 is 0. The third-order valence-corrected chi connectivity index (χ3v) is 5.78. The first-order valence-electron chi connectivity index (χ1n) is 5.32. The van der Waals surface area contributed by atoms with Gasteiger partial charge in [-0.3, -0.25) is 10.1 Å². The van der Waals surface area contributed by atoms with Crippen LogP contribution in [0.15, 0.2) is 23.4 Å². The summed E-state index contributed by atoms with van der Waals surface area (Å²) in [4.78, 5) is 3.87. The Labute approximate surface area is 108 Å². The van der Waals surface area contributed by atoms with Crippen LogP contribution in [0.4, 0.5) is 5.69 Å². The highest BCUT2D eigenvalue weighted by atomic mass is 32.2. The zero-order chi connectivity index (χ0) is 13.2. The van der Waals surface area contributed by atoms with E-state index >= 15 is 0 Å². The third kappa shape index (κ3) is 2.53. The molecule has 2 rings (SSSR count). The number of nitrogens with one attached hydrogen (secondary N) is 1. The number of hydrazine groups is 1. The van der Waals surface area contributed by atoms with E-state index in [0.29, 0.717) is 11.5 Å². The molecular weight excluding hydrogens is 276 g/mol. The summed E-state index contributed by atoms with van der Waals surface area (Å²) in [5, 5.41) is -0.0971. The number of rotatable bonds is 3. The van der Waals surface area contributed by atoms with Crippen molar-refractivity contribution in [3.05, 3.63) is 18.3 Å². The second-order valence-electron chi connectivity index (χ2n) is 3.75. The van der Waals surface area contributed by atoms with Crippen LogP contribution in [0.2, 0.25) is 0 Å². The number of nitrogens with two attached hydrogens (primary N) is 1. The lowest BCUT2D eigenvalue weighted by atomic mass is 10.4. The molecule has 1 fully saturated rings. The summed E-state index contributed by atoms with van der Waals surface area (Å²) in [5.41, 5.74) is 2.58. The normalized spacial score (nSPS) is 18.7. The standard InChI is InChI=1S/C9H14N4O3S2/c10-12-8-2-1-3-11-9(8)18(15,16)13-4-6-17(14)7-5-13/h1-3,12H,4-7,10H2. The SMILES string of the molecule is NNc1cccnc1S(=O)(=O)N1CCS(=O)CC1. The molecule has 1 saturated heterocycles. The molecule has 0 atom stereocenters. The molecule has 0 unspecified atom stereocenters. The average Bonchev–Trinajstić information content (AvgIpc) is 2.39. The van der Waals surface area contributed by atoms with Gasteiger partial charge in [-0.2, -0.15) is 4.31 Å². The second kappa shape index (κ2) is 5.31.